The maximum absolute atomic E-state index is 12.0. The fourth-order valence-corrected chi connectivity index (χ4v) is 0.788. The predicted molar refractivity (Wildman–Crippen MR) is 35.8 cm³/mol. The molecule has 0 saturated carbocycles. The zero-order valence-electron chi connectivity index (χ0n) is 5.89. The van der Waals surface area contributed by atoms with Crippen molar-refractivity contribution in [1.29, 1.82) is 5.26 Å². The van der Waals surface area contributed by atoms with Crippen LogP contribution in [0.25, 0.3) is 0 Å². The second-order valence-electron chi connectivity index (χ2n) is 2.23. The minimum atomic E-state index is -4.37. The van der Waals surface area contributed by atoms with Gasteiger partial charge >= 0.3 is 6.18 Å². The summed E-state index contributed by atoms with van der Waals surface area (Å²) in [5.41, 5.74) is -0.784. The molecule has 64 valence electrons. The third-order valence-corrected chi connectivity index (χ3v) is 1.35. The highest BCUT2D eigenvalue weighted by Gasteiger charge is 2.33. The van der Waals surface area contributed by atoms with Crippen molar-refractivity contribution in [3.05, 3.63) is 23.9 Å². The van der Waals surface area contributed by atoms with E-state index < -0.39 is 17.8 Å². The summed E-state index contributed by atoms with van der Waals surface area (Å²) in [5, 5.41) is 10.8. The fourth-order valence-electron chi connectivity index (χ4n) is 0.788. The van der Waals surface area contributed by atoms with E-state index in [1.807, 2.05) is 0 Å². The van der Waals surface area contributed by atoms with Crippen LogP contribution >= 0.6 is 0 Å². The molecule has 0 bridgehead atoms. The third kappa shape index (κ3) is 1.78. The molecule has 0 aliphatic carbocycles. The van der Waals surface area contributed by atoms with Crippen molar-refractivity contribution < 1.29 is 13.2 Å². The van der Waals surface area contributed by atoms with Gasteiger partial charge in [-0.1, -0.05) is 0 Å². The van der Waals surface area contributed by atoms with E-state index in [1.165, 1.54) is 0 Å². The highest BCUT2D eigenvalue weighted by molar-refractivity contribution is 5.31. The molecular formula is C7H5F3N2. The molecule has 0 fully saturated rings. The summed E-state index contributed by atoms with van der Waals surface area (Å²) in [4.78, 5) is 0. The minimum absolute atomic E-state index is 0.784. The first-order valence-electron chi connectivity index (χ1n) is 3.15. The van der Waals surface area contributed by atoms with Crippen molar-refractivity contribution in [2.75, 3.05) is 0 Å². The molecule has 0 spiro atoms. The first-order valence-corrected chi connectivity index (χ1v) is 3.15. The van der Waals surface area contributed by atoms with Gasteiger partial charge in [0.2, 0.25) is 0 Å². The lowest BCUT2D eigenvalue weighted by Crippen LogP contribution is -2.26. The van der Waals surface area contributed by atoms with Crippen molar-refractivity contribution in [3.8, 4) is 6.07 Å². The van der Waals surface area contributed by atoms with Gasteiger partial charge in [-0.2, -0.15) is 18.4 Å². The number of hydrogen-bond acceptors (Lipinski definition) is 2. The zero-order valence-corrected chi connectivity index (χ0v) is 5.89. The lowest BCUT2D eigenvalue weighted by Gasteiger charge is -2.14. The molecule has 1 aliphatic heterocycles. The van der Waals surface area contributed by atoms with Crippen LogP contribution in [-0.2, 0) is 0 Å². The van der Waals surface area contributed by atoms with E-state index in [2.05, 4.69) is 5.32 Å². The Bertz CT molecular complexity index is 269. The van der Waals surface area contributed by atoms with E-state index in [9.17, 15) is 13.2 Å². The Morgan fingerprint density at radius 2 is 2.17 bits per heavy atom. The quantitative estimate of drug-likeness (QED) is 0.603. The molecule has 0 amide bonds. The molecule has 1 N–H and O–H groups in total. The number of hydrogen-bond donors (Lipinski definition) is 1. The summed E-state index contributed by atoms with van der Waals surface area (Å²) in [5.74, 6) is 0. The first-order chi connectivity index (χ1) is 5.54. The average Bonchev–Trinajstić information content (AvgIpc) is 2.03. The molecule has 12 heavy (non-hydrogen) atoms. The van der Waals surface area contributed by atoms with Crippen LogP contribution in [0.2, 0.25) is 0 Å². The largest absolute Gasteiger partial charge is 0.416 e. The van der Waals surface area contributed by atoms with E-state index in [0.717, 1.165) is 18.4 Å². The molecule has 1 aliphatic rings. The van der Waals surface area contributed by atoms with Crippen molar-refractivity contribution in [2.24, 2.45) is 0 Å². The number of nitrogens with zero attached hydrogens (tertiary/aromatic N) is 1. The number of rotatable bonds is 0. The molecule has 0 aromatic carbocycles. The minimum Gasteiger partial charge on any atom is -0.373 e. The predicted octanol–water partition coefficient (Wildman–Crippen LogP) is 1.48. The smallest absolute Gasteiger partial charge is 0.373 e. The SMILES string of the molecule is N#CC1C=C(C(F)(F)F)C=CN1. The Morgan fingerprint density at radius 1 is 1.50 bits per heavy atom. The molecule has 0 aromatic heterocycles. The van der Waals surface area contributed by atoms with Crippen molar-refractivity contribution in [3.63, 3.8) is 0 Å². The van der Waals surface area contributed by atoms with Gasteiger partial charge in [0.05, 0.1) is 11.6 Å². The van der Waals surface area contributed by atoms with Crippen LogP contribution in [0.5, 0.6) is 0 Å². The van der Waals surface area contributed by atoms with E-state index in [1.54, 1.807) is 6.07 Å². The third-order valence-electron chi connectivity index (χ3n) is 1.35. The van der Waals surface area contributed by atoms with Gasteiger partial charge in [0.25, 0.3) is 0 Å². The van der Waals surface area contributed by atoms with Crippen LogP contribution in [0, 0.1) is 11.3 Å². The van der Waals surface area contributed by atoms with Gasteiger partial charge in [-0.05, 0) is 18.4 Å². The molecular weight excluding hydrogens is 169 g/mol. The molecule has 1 unspecified atom stereocenters. The molecule has 1 atom stereocenters. The maximum atomic E-state index is 12.0. The Labute approximate surface area is 67.0 Å². The number of nitriles is 1. The Morgan fingerprint density at radius 3 is 2.67 bits per heavy atom. The zero-order chi connectivity index (χ0) is 9.19. The topological polar surface area (TPSA) is 35.8 Å². The maximum Gasteiger partial charge on any atom is 0.416 e. The van der Waals surface area contributed by atoms with Crippen LogP contribution in [-0.4, -0.2) is 12.2 Å². The van der Waals surface area contributed by atoms with Gasteiger partial charge in [0.15, 0.2) is 0 Å². The number of alkyl halides is 3. The Balaban J connectivity index is 2.86. The number of halogens is 3. The number of allylic oxidation sites excluding steroid dienone is 2. The highest BCUT2D eigenvalue weighted by atomic mass is 19.4. The molecule has 1 rings (SSSR count). The molecule has 2 nitrogen and oxygen atoms in total. The van der Waals surface area contributed by atoms with Gasteiger partial charge in [-0.3, -0.25) is 0 Å². The summed E-state index contributed by atoms with van der Waals surface area (Å²) in [6, 6.07) is 0.784. The van der Waals surface area contributed by atoms with E-state index in [4.69, 9.17) is 5.26 Å². The molecule has 0 aromatic rings. The standard InChI is InChI=1S/C7H5F3N2/c8-7(9,10)5-1-2-12-6(3-5)4-11/h1-3,6,12H. The summed E-state index contributed by atoms with van der Waals surface area (Å²) >= 11 is 0. The second kappa shape index (κ2) is 2.89. The van der Waals surface area contributed by atoms with Crippen LogP contribution in [0.4, 0.5) is 13.2 Å². The van der Waals surface area contributed by atoms with Crippen molar-refractivity contribution >= 4 is 0 Å². The van der Waals surface area contributed by atoms with Crippen LogP contribution in [0.1, 0.15) is 0 Å². The summed E-state index contributed by atoms with van der Waals surface area (Å²) in [6.07, 6.45) is -1.50. The molecule has 0 saturated heterocycles. The van der Waals surface area contributed by atoms with E-state index in [0.29, 0.717) is 0 Å². The monoisotopic (exact) mass is 174 g/mol. The second-order valence-corrected chi connectivity index (χ2v) is 2.23. The molecule has 0 radical (unpaired) electrons. The fraction of sp³-hybridized carbons (Fsp3) is 0.286. The van der Waals surface area contributed by atoms with Gasteiger partial charge < -0.3 is 5.32 Å². The van der Waals surface area contributed by atoms with Gasteiger partial charge in [-0.15, -0.1) is 0 Å². The molecule has 1 heterocycles. The number of dihydropyridines is 1. The van der Waals surface area contributed by atoms with E-state index >= 15 is 0 Å². The summed E-state index contributed by atoms with van der Waals surface area (Å²) < 4.78 is 36.0. The van der Waals surface area contributed by atoms with Gasteiger partial charge in [0, 0.05) is 0 Å². The lowest BCUT2D eigenvalue weighted by molar-refractivity contribution is -0.0887. The molecule has 5 heteroatoms. The van der Waals surface area contributed by atoms with Crippen molar-refractivity contribution in [1.82, 2.24) is 5.32 Å². The van der Waals surface area contributed by atoms with Gasteiger partial charge in [-0.25, -0.2) is 0 Å². The summed E-state index contributed by atoms with van der Waals surface area (Å²) in [7, 11) is 0. The van der Waals surface area contributed by atoms with Crippen LogP contribution in [0.15, 0.2) is 23.9 Å². The lowest BCUT2D eigenvalue weighted by atomic mass is 10.1. The van der Waals surface area contributed by atoms with E-state index in [-0.39, 0.29) is 0 Å². The number of nitrogens with one attached hydrogen (secondary N) is 1. The summed E-state index contributed by atoms with van der Waals surface area (Å²) in [6.45, 7) is 0. The normalized spacial score (nSPS) is 22.5. The Hall–Kier alpha value is -1.44. The van der Waals surface area contributed by atoms with Crippen LogP contribution in [0.3, 0.4) is 0 Å². The van der Waals surface area contributed by atoms with Crippen LogP contribution < -0.4 is 5.32 Å². The van der Waals surface area contributed by atoms with Gasteiger partial charge in [0.1, 0.15) is 6.04 Å². The Kier molecular flexibility index (Phi) is 2.09. The average molecular weight is 174 g/mol. The van der Waals surface area contributed by atoms with Crippen molar-refractivity contribution in [2.45, 2.75) is 12.2 Å². The highest BCUT2D eigenvalue weighted by Crippen LogP contribution is 2.27. The first kappa shape index (κ1) is 8.65.